The molecule has 0 aromatic carbocycles. The smallest absolute Gasteiger partial charge is 0.462 e. The second kappa shape index (κ2) is 66.6. The zero-order valence-electron chi connectivity index (χ0n) is 62.1. The van der Waals surface area contributed by atoms with Crippen molar-refractivity contribution >= 4 is 39.5 Å². The normalized spacial score (nSPS) is 14.1. The van der Waals surface area contributed by atoms with Crippen LogP contribution in [0, 0.1) is 17.8 Å². The summed E-state index contributed by atoms with van der Waals surface area (Å²) in [4.78, 5) is 72.5. The lowest BCUT2D eigenvalue weighted by molar-refractivity contribution is -0.161. The van der Waals surface area contributed by atoms with Crippen LogP contribution in [-0.4, -0.2) is 96.7 Å². The number of esters is 4. The van der Waals surface area contributed by atoms with Crippen LogP contribution in [-0.2, 0) is 65.4 Å². The summed E-state index contributed by atoms with van der Waals surface area (Å²) in [5.41, 5.74) is 0. The van der Waals surface area contributed by atoms with Crippen LogP contribution in [0.2, 0.25) is 0 Å². The second-order valence-corrected chi connectivity index (χ2v) is 31.7. The Morgan fingerprint density at radius 3 is 0.716 bits per heavy atom. The lowest BCUT2D eigenvalue weighted by Gasteiger charge is -2.21. The van der Waals surface area contributed by atoms with E-state index >= 15 is 0 Å². The molecule has 0 radical (unpaired) electrons. The van der Waals surface area contributed by atoms with Gasteiger partial charge in [0.05, 0.1) is 26.4 Å². The van der Waals surface area contributed by atoms with Gasteiger partial charge in [0, 0.05) is 25.7 Å². The van der Waals surface area contributed by atoms with Crippen LogP contribution in [0.3, 0.4) is 0 Å². The molecule has 0 amide bonds. The van der Waals surface area contributed by atoms with Gasteiger partial charge in [0.2, 0.25) is 0 Å². The van der Waals surface area contributed by atoms with Crippen LogP contribution in [0.4, 0.5) is 0 Å². The summed E-state index contributed by atoms with van der Waals surface area (Å²) >= 11 is 0. The zero-order valence-corrected chi connectivity index (χ0v) is 63.9. The zero-order chi connectivity index (χ0) is 70.1. The van der Waals surface area contributed by atoms with E-state index in [-0.39, 0.29) is 25.7 Å². The summed E-state index contributed by atoms with van der Waals surface area (Å²) in [6.07, 6.45) is 53.2. The molecule has 0 heterocycles. The van der Waals surface area contributed by atoms with Crippen LogP contribution in [0.25, 0.3) is 0 Å². The Morgan fingerprint density at radius 2 is 0.484 bits per heavy atom. The Bertz CT molecular complexity index is 1850. The van der Waals surface area contributed by atoms with Crippen molar-refractivity contribution in [2.75, 3.05) is 39.6 Å². The Hall–Kier alpha value is -1.94. The molecule has 0 aliphatic rings. The molecule has 5 atom stereocenters. The molecular formula is C76H148O17P2. The first kappa shape index (κ1) is 93.1. The summed E-state index contributed by atoms with van der Waals surface area (Å²) in [7, 11) is -9.90. The highest BCUT2D eigenvalue weighted by Crippen LogP contribution is 2.45. The molecule has 0 bridgehead atoms. The first-order chi connectivity index (χ1) is 45.7. The minimum Gasteiger partial charge on any atom is -0.462 e. The quantitative estimate of drug-likeness (QED) is 0.0222. The van der Waals surface area contributed by atoms with Crippen molar-refractivity contribution in [3.63, 3.8) is 0 Å². The van der Waals surface area contributed by atoms with Crippen molar-refractivity contribution in [3.05, 3.63) is 0 Å². The van der Waals surface area contributed by atoms with Crippen molar-refractivity contribution in [3.8, 4) is 0 Å². The van der Waals surface area contributed by atoms with Gasteiger partial charge in [-0.2, -0.15) is 0 Å². The number of aliphatic hydroxyl groups excluding tert-OH is 1. The average Bonchev–Trinajstić information content (AvgIpc) is 1.83. The van der Waals surface area contributed by atoms with Crippen molar-refractivity contribution in [1.82, 2.24) is 0 Å². The third-order valence-corrected chi connectivity index (χ3v) is 19.5. The first-order valence-electron chi connectivity index (χ1n) is 39.3. The maximum absolute atomic E-state index is 13.1. The Morgan fingerprint density at radius 1 is 0.284 bits per heavy atom. The van der Waals surface area contributed by atoms with E-state index in [1.165, 1.54) is 193 Å². The number of phosphoric ester groups is 2. The predicted octanol–water partition coefficient (Wildman–Crippen LogP) is 22.2. The molecule has 0 saturated heterocycles. The van der Waals surface area contributed by atoms with E-state index in [2.05, 4.69) is 48.5 Å². The van der Waals surface area contributed by atoms with Gasteiger partial charge in [0.1, 0.15) is 19.3 Å². The molecule has 0 saturated carbocycles. The fourth-order valence-corrected chi connectivity index (χ4v) is 13.2. The van der Waals surface area contributed by atoms with Gasteiger partial charge >= 0.3 is 39.5 Å². The minimum absolute atomic E-state index is 0.105. The van der Waals surface area contributed by atoms with Gasteiger partial charge in [-0.15, -0.1) is 0 Å². The van der Waals surface area contributed by atoms with E-state index in [1.807, 2.05) is 0 Å². The van der Waals surface area contributed by atoms with Crippen LogP contribution in [0.1, 0.15) is 389 Å². The molecule has 3 N–H and O–H groups in total. The van der Waals surface area contributed by atoms with Crippen molar-refractivity contribution < 1.29 is 80.2 Å². The molecule has 0 aliphatic heterocycles. The van der Waals surface area contributed by atoms with Crippen LogP contribution < -0.4 is 0 Å². The highest BCUT2D eigenvalue weighted by Gasteiger charge is 2.30. The summed E-state index contributed by atoms with van der Waals surface area (Å²) in [6, 6.07) is 0. The fraction of sp³-hybridized carbons (Fsp3) is 0.947. The molecule has 0 aromatic rings. The highest BCUT2D eigenvalue weighted by atomic mass is 31.2. The Kier molecular flexibility index (Phi) is 65.2. The second-order valence-electron chi connectivity index (χ2n) is 28.8. The first-order valence-corrected chi connectivity index (χ1v) is 42.3. The Labute approximate surface area is 581 Å². The number of rotatable bonds is 74. The summed E-state index contributed by atoms with van der Waals surface area (Å²) in [5, 5.41) is 10.6. The largest absolute Gasteiger partial charge is 0.472 e. The number of hydrogen-bond acceptors (Lipinski definition) is 15. The monoisotopic (exact) mass is 1400 g/mol. The maximum atomic E-state index is 13.1. The number of carbonyl (C=O) groups excluding carboxylic acids is 4. The highest BCUT2D eigenvalue weighted by molar-refractivity contribution is 7.47. The van der Waals surface area contributed by atoms with Gasteiger partial charge in [0.15, 0.2) is 12.2 Å². The number of carbonyl (C=O) groups is 4. The van der Waals surface area contributed by atoms with Crippen LogP contribution >= 0.6 is 15.6 Å². The Balaban J connectivity index is 5.14. The number of phosphoric acid groups is 2. The molecule has 2 unspecified atom stereocenters. The molecule has 0 fully saturated rings. The topological polar surface area (TPSA) is 237 Å². The van der Waals surface area contributed by atoms with Crippen molar-refractivity contribution in [1.29, 1.82) is 0 Å². The molecule has 17 nitrogen and oxygen atoms in total. The molecule has 19 heteroatoms. The number of hydrogen-bond donors (Lipinski definition) is 3. The lowest BCUT2D eigenvalue weighted by atomic mass is 10.0. The number of ether oxygens (including phenoxy) is 4. The predicted molar refractivity (Wildman–Crippen MR) is 386 cm³/mol. The van der Waals surface area contributed by atoms with E-state index < -0.39 is 97.5 Å². The third-order valence-electron chi connectivity index (χ3n) is 17.6. The molecule has 0 spiro atoms. The van der Waals surface area contributed by atoms with Gasteiger partial charge in [0.25, 0.3) is 0 Å². The van der Waals surface area contributed by atoms with Gasteiger partial charge in [-0.25, -0.2) is 9.13 Å². The van der Waals surface area contributed by atoms with E-state index in [9.17, 15) is 43.2 Å². The van der Waals surface area contributed by atoms with Gasteiger partial charge in [-0.3, -0.25) is 37.3 Å². The van der Waals surface area contributed by atoms with Crippen LogP contribution in [0.15, 0.2) is 0 Å². The summed E-state index contributed by atoms with van der Waals surface area (Å²) < 4.78 is 68.3. The maximum Gasteiger partial charge on any atom is 0.472 e. The number of aliphatic hydroxyl groups is 1. The van der Waals surface area contributed by atoms with E-state index in [4.69, 9.17) is 37.0 Å². The fourth-order valence-electron chi connectivity index (χ4n) is 11.6. The summed E-state index contributed by atoms with van der Waals surface area (Å²) in [5.74, 6) is 0.239. The van der Waals surface area contributed by atoms with E-state index in [0.717, 1.165) is 114 Å². The number of unbranched alkanes of at least 4 members (excludes halogenated alkanes) is 42. The van der Waals surface area contributed by atoms with E-state index in [1.54, 1.807) is 0 Å². The molecular weight excluding hydrogens is 1250 g/mol. The molecule has 0 aromatic heterocycles. The van der Waals surface area contributed by atoms with Crippen LogP contribution in [0.5, 0.6) is 0 Å². The average molecular weight is 1400 g/mol. The summed E-state index contributed by atoms with van der Waals surface area (Å²) in [6.45, 7) is 11.9. The van der Waals surface area contributed by atoms with Gasteiger partial charge in [-0.05, 0) is 43.4 Å². The standard InChI is InChI=1S/C76H148O17P2/c1-8-9-10-40-50-57-73(78)86-63-71(92-75(80)60-53-46-39-33-27-26-30-36-43-49-56-69(6)7)65-90-94(82,83)88-61-70(77)62-89-95(84,85)91-66-72(64-87-74(79)58-51-44-37-31-24-20-17-13-15-19-23-29-35-42-48-55-68(4)5)93-76(81)59-52-45-38-32-25-21-16-12-11-14-18-22-28-34-41-47-54-67(2)3/h67-72,77H,8-66H2,1-7H3,(H,82,83)(H,84,85)/t70-,71+,72+/m0/s1. The molecule has 564 valence electrons. The van der Waals surface area contributed by atoms with Crippen molar-refractivity contribution in [2.45, 2.75) is 407 Å². The lowest BCUT2D eigenvalue weighted by Crippen LogP contribution is -2.30. The molecule has 95 heavy (non-hydrogen) atoms. The van der Waals surface area contributed by atoms with E-state index in [0.29, 0.717) is 25.7 Å². The third kappa shape index (κ3) is 70.3. The SMILES string of the molecule is CCCCCCCC(=O)OC[C@H](COP(=O)(O)OC[C@H](O)COP(=O)(O)OC[C@@H](COC(=O)CCCCCCCCCCCCCCCCCC(C)C)OC(=O)CCCCCCCCCCCCCCCCCCC(C)C)OC(=O)CCCCCCCCCCCCC(C)C. The van der Waals surface area contributed by atoms with Gasteiger partial charge < -0.3 is 33.8 Å². The van der Waals surface area contributed by atoms with Gasteiger partial charge in [-0.1, -0.05) is 337 Å². The molecule has 0 aliphatic carbocycles. The van der Waals surface area contributed by atoms with Crippen molar-refractivity contribution in [2.24, 2.45) is 17.8 Å². The minimum atomic E-state index is -4.96. The molecule has 0 rings (SSSR count).